The Morgan fingerprint density at radius 2 is 1.83 bits per heavy atom. The predicted molar refractivity (Wildman–Crippen MR) is 96.9 cm³/mol. The van der Waals surface area contributed by atoms with Gasteiger partial charge in [-0.15, -0.1) is 0 Å². The van der Waals surface area contributed by atoms with Crippen LogP contribution in [0, 0.1) is 13.8 Å². The van der Waals surface area contributed by atoms with Crippen molar-refractivity contribution in [3.05, 3.63) is 57.6 Å². The van der Waals surface area contributed by atoms with Crippen molar-refractivity contribution in [2.45, 2.75) is 26.3 Å². The first-order valence-electron chi connectivity index (χ1n) is 7.53. The Labute approximate surface area is 150 Å². The predicted octanol–water partition coefficient (Wildman–Crippen LogP) is 4.35. The summed E-state index contributed by atoms with van der Waals surface area (Å²) in [5, 5.41) is 3.76. The van der Waals surface area contributed by atoms with Gasteiger partial charge in [0.2, 0.25) is 5.91 Å². The lowest BCUT2D eigenvalue weighted by Gasteiger charge is -2.17. The molecule has 1 saturated heterocycles. The minimum absolute atomic E-state index is 0.0780. The number of hydrogen-bond donors (Lipinski definition) is 1. The van der Waals surface area contributed by atoms with E-state index < -0.39 is 6.04 Å². The first kappa shape index (κ1) is 16.8. The van der Waals surface area contributed by atoms with E-state index in [1.807, 2.05) is 26.0 Å². The second-order valence-electron chi connectivity index (χ2n) is 5.84. The lowest BCUT2D eigenvalue weighted by Crippen LogP contribution is -2.34. The summed E-state index contributed by atoms with van der Waals surface area (Å²) >= 11 is 12.1. The normalized spacial score (nSPS) is 17.5. The summed E-state index contributed by atoms with van der Waals surface area (Å²) in [7, 11) is 0. The van der Waals surface area contributed by atoms with E-state index in [4.69, 9.17) is 23.2 Å². The van der Waals surface area contributed by atoms with Crippen LogP contribution in [-0.4, -0.2) is 17.9 Å². The highest BCUT2D eigenvalue weighted by atomic mass is 35.5. The third kappa shape index (κ3) is 2.99. The smallest absolute Gasteiger partial charge is 0.256 e. The molecule has 1 N–H and O–H groups in total. The molecule has 1 aliphatic heterocycles. The van der Waals surface area contributed by atoms with Crippen molar-refractivity contribution < 1.29 is 9.59 Å². The number of hydrogen-bond acceptors (Lipinski definition) is 3. The number of carbonyl (C=O) groups is 2. The Hall–Kier alpha value is -2.04. The zero-order chi connectivity index (χ0) is 17.4. The molecule has 1 aliphatic rings. The van der Waals surface area contributed by atoms with Crippen LogP contribution in [0.5, 0.6) is 0 Å². The summed E-state index contributed by atoms with van der Waals surface area (Å²) in [6, 6.07) is 10.0. The quantitative estimate of drug-likeness (QED) is 0.825. The second-order valence-corrected chi connectivity index (χ2v) is 6.62. The van der Waals surface area contributed by atoms with Crippen molar-refractivity contribution in [3.63, 3.8) is 0 Å². The summed E-state index contributed by atoms with van der Waals surface area (Å²) in [6.07, 6.45) is 0.0780. The van der Waals surface area contributed by atoms with E-state index in [0.717, 1.165) is 11.1 Å². The Balaban J connectivity index is 1.86. The molecule has 0 spiro atoms. The van der Waals surface area contributed by atoms with E-state index in [2.05, 4.69) is 5.32 Å². The molecule has 2 aromatic rings. The van der Waals surface area contributed by atoms with Crippen molar-refractivity contribution in [2.75, 3.05) is 10.2 Å². The topological polar surface area (TPSA) is 49.4 Å². The Bertz CT molecular complexity index is 836. The number of nitrogens with one attached hydrogen (secondary N) is 1. The zero-order valence-corrected chi connectivity index (χ0v) is 14.8. The summed E-state index contributed by atoms with van der Waals surface area (Å²) in [5.74, 6) is -0.529. The van der Waals surface area contributed by atoms with Crippen LogP contribution in [0.15, 0.2) is 36.4 Å². The summed E-state index contributed by atoms with van der Waals surface area (Å²) in [4.78, 5) is 26.2. The fraction of sp³-hybridized carbons (Fsp3) is 0.222. The van der Waals surface area contributed by atoms with Crippen LogP contribution in [0.4, 0.5) is 11.4 Å². The molecular formula is C18H16Cl2N2O2. The summed E-state index contributed by atoms with van der Waals surface area (Å²) < 4.78 is 0. The van der Waals surface area contributed by atoms with Gasteiger partial charge in [0, 0.05) is 0 Å². The molecule has 0 aromatic heterocycles. The number of halogens is 2. The van der Waals surface area contributed by atoms with Gasteiger partial charge in [0.15, 0.2) is 0 Å². The minimum atomic E-state index is -0.657. The van der Waals surface area contributed by atoms with Crippen LogP contribution >= 0.6 is 23.2 Å². The number of nitrogens with zero attached hydrogens (tertiary/aromatic N) is 1. The van der Waals surface area contributed by atoms with Crippen LogP contribution in [0.25, 0.3) is 0 Å². The van der Waals surface area contributed by atoms with Gasteiger partial charge in [0.25, 0.3) is 5.91 Å². The van der Waals surface area contributed by atoms with E-state index in [-0.39, 0.29) is 18.2 Å². The molecule has 0 saturated carbocycles. The molecule has 0 unspecified atom stereocenters. The molecule has 1 atom stereocenters. The van der Waals surface area contributed by atoms with Crippen molar-refractivity contribution in [1.82, 2.24) is 0 Å². The monoisotopic (exact) mass is 362 g/mol. The molecule has 2 aromatic carbocycles. The van der Waals surface area contributed by atoms with Crippen LogP contribution in [0.1, 0.15) is 17.5 Å². The molecule has 1 heterocycles. The molecule has 1 fully saturated rings. The fourth-order valence-electron chi connectivity index (χ4n) is 2.68. The number of aryl methyl sites for hydroxylation is 2. The number of rotatable bonds is 3. The number of amides is 2. The van der Waals surface area contributed by atoms with Crippen LogP contribution in [-0.2, 0) is 9.59 Å². The zero-order valence-electron chi connectivity index (χ0n) is 13.3. The van der Waals surface area contributed by atoms with Gasteiger partial charge in [0.05, 0.1) is 27.8 Å². The molecule has 124 valence electrons. The third-order valence-corrected chi connectivity index (χ3v) is 5.00. The average molecular weight is 363 g/mol. The average Bonchev–Trinajstić information content (AvgIpc) is 2.81. The SMILES string of the molecule is Cc1ccc(N2C(=O)C[C@H](Nc3cccc(Cl)c3Cl)C2=O)cc1C. The molecule has 4 nitrogen and oxygen atoms in total. The fourth-order valence-corrected chi connectivity index (χ4v) is 3.04. The van der Waals surface area contributed by atoms with Gasteiger partial charge in [0.1, 0.15) is 6.04 Å². The standard InChI is InChI=1S/C18H16Cl2N2O2/c1-10-6-7-12(8-11(10)2)22-16(23)9-15(18(22)24)21-14-5-3-4-13(19)17(14)20/h3-8,15,21H,9H2,1-2H3/t15-/m0/s1. The highest BCUT2D eigenvalue weighted by molar-refractivity contribution is 6.43. The third-order valence-electron chi connectivity index (χ3n) is 4.18. The van der Waals surface area contributed by atoms with E-state index in [0.29, 0.717) is 21.4 Å². The Kier molecular flexibility index (Phi) is 4.52. The van der Waals surface area contributed by atoms with Crippen molar-refractivity contribution >= 4 is 46.4 Å². The van der Waals surface area contributed by atoms with Crippen LogP contribution in [0.2, 0.25) is 10.0 Å². The Morgan fingerprint density at radius 1 is 1.08 bits per heavy atom. The molecule has 24 heavy (non-hydrogen) atoms. The lowest BCUT2D eigenvalue weighted by molar-refractivity contribution is -0.121. The number of carbonyl (C=O) groups excluding carboxylic acids is 2. The molecule has 6 heteroatoms. The molecule has 0 aliphatic carbocycles. The molecule has 2 amide bonds. The summed E-state index contributed by atoms with van der Waals surface area (Å²) in [5.41, 5.74) is 3.27. The van der Waals surface area contributed by atoms with Gasteiger partial charge >= 0.3 is 0 Å². The highest BCUT2D eigenvalue weighted by Gasteiger charge is 2.39. The van der Waals surface area contributed by atoms with E-state index in [1.165, 1.54) is 4.90 Å². The number of benzene rings is 2. The summed E-state index contributed by atoms with van der Waals surface area (Å²) in [6.45, 7) is 3.93. The van der Waals surface area contributed by atoms with Crippen molar-refractivity contribution in [3.8, 4) is 0 Å². The van der Waals surface area contributed by atoms with Gasteiger partial charge in [-0.3, -0.25) is 9.59 Å². The second kappa shape index (κ2) is 6.46. The maximum Gasteiger partial charge on any atom is 0.256 e. The van der Waals surface area contributed by atoms with Gasteiger partial charge in [-0.25, -0.2) is 4.90 Å². The van der Waals surface area contributed by atoms with E-state index in [1.54, 1.807) is 24.3 Å². The number of imide groups is 1. The van der Waals surface area contributed by atoms with E-state index in [9.17, 15) is 9.59 Å². The van der Waals surface area contributed by atoms with Crippen LogP contribution in [0.3, 0.4) is 0 Å². The van der Waals surface area contributed by atoms with Crippen molar-refractivity contribution in [2.24, 2.45) is 0 Å². The van der Waals surface area contributed by atoms with Gasteiger partial charge in [-0.2, -0.15) is 0 Å². The number of anilines is 2. The lowest BCUT2D eigenvalue weighted by atomic mass is 10.1. The first-order valence-corrected chi connectivity index (χ1v) is 8.28. The maximum atomic E-state index is 12.7. The first-order chi connectivity index (χ1) is 11.4. The van der Waals surface area contributed by atoms with Gasteiger partial charge in [-0.05, 0) is 49.2 Å². The molecule has 0 bridgehead atoms. The largest absolute Gasteiger partial charge is 0.372 e. The van der Waals surface area contributed by atoms with E-state index >= 15 is 0 Å². The van der Waals surface area contributed by atoms with Gasteiger partial charge < -0.3 is 5.32 Å². The highest BCUT2D eigenvalue weighted by Crippen LogP contribution is 2.32. The molecule has 3 rings (SSSR count). The Morgan fingerprint density at radius 3 is 2.54 bits per heavy atom. The minimum Gasteiger partial charge on any atom is -0.372 e. The molecular weight excluding hydrogens is 347 g/mol. The van der Waals surface area contributed by atoms with Crippen molar-refractivity contribution in [1.29, 1.82) is 0 Å². The maximum absolute atomic E-state index is 12.7. The van der Waals surface area contributed by atoms with Gasteiger partial charge in [-0.1, -0.05) is 35.3 Å². The van der Waals surface area contributed by atoms with Crippen LogP contribution < -0.4 is 10.2 Å². The molecule has 0 radical (unpaired) electrons.